The van der Waals surface area contributed by atoms with Gasteiger partial charge in [0.15, 0.2) is 0 Å². The van der Waals surface area contributed by atoms with Crippen molar-refractivity contribution in [1.29, 1.82) is 0 Å². The molecule has 0 spiro atoms. The van der Waals surface area contributed by atoms with Crippen molar-refractivity contribution in [1.82, 2.24) is 5.32 Å². The first-order chi connectivity index (χ1) is 12.8. The molecule has 3 N–H and O–H groups in total. The van der Waals surface area contributed by atoms with Gasteiger partial charge in [-0.05, 0) is 104 Å². The van der Waals surface area contributed by atoms with Gasteiger partial charge in [0.05, 0.1) is 6.10 Å². The Morgan fingerprint density at radius 1 is 1.15 bits per heavy atom. The minimum absolute atomic E-state index is 0.148. The third-order valence-electron chi connectivity index (χ3n) is 9.89. The molecule has 0 amide bonds. The summed E-state index contributed by atoms with van der Waals surface area (Å²) in [5.74, 6) is 2.79. The Kier molecular flexibility index (Phi) is 5.12. The summed E-state index contributed by atoms with van der Waals surface area (Å²) in [5.41, 5.74) is 0.680. The number of nitrogens with one attached hydrogen (secondary N) is 1. The SMILES string of the molecule is C[C@H](CCC(=O)O)[C@H]1CC[C@H]2[C@@H]3[C@@H](O)C[C@@H]4CNCC[C@]4(C)[C@H]3CC[C@]12C. The van der Waals surface area contributed by atoms with Crippen LogP contribution in [0.2, 0.25) is 0 Å². The molecule has 0 bridgehead atoms. The molecule has 0 aromatic carbocycles. The number of aliphatic hydroxyl groups is 1. The number of rotatable bonds is 4. The molecule has 4 fully saturated rings. The van der Waals surface area contributed by atoms with Crippen molar-refractivity contribution in [3.63, 3.8) is 0 Å². The first kappa shape index (κ1) is 19.7. The Labute approximate surface area is 164 Å². The fourth-order valence-corrected chi connectivity index (χ4v) is 8.39. The molecule has 0 aromatic heterocycles. The van der Waals surface area contributed by atoms with E-state index >= 15 is 0 Å². The van der Waals surface area contributed by atoms with Gasteiger partial charge in [0.2, 0.25) is 0 Å². The van der Waals surface area contributed by atoms with E-state index in [1.165, 1.54) is 32.1 Å². The summed E-state index contributed by atoms with van der Waals surface area (Å²) in [7, 11) is 0. The van der Waals surface area contributed by atoms with E-state index in [-0.39, 0.29) is 11.5 Å². The molecule has 1 heterocycles. The molecule has 9 atom stereocenters. The summed E-state index contributed by atoms with van der Waals surface area (Å²) in [6.45, 7) is 9.48. The Balaban J connectivity index is 1.56. The van der Waals surface area contributed by atoms with Crippen molar-refractivity contribution in [3.05, 3.63) is 0 Å². The van der Waals surface area contributed by atoms with Gasteiger partial charge in [0.1, 0.15) is 0 Å². The number of carboxylic acids is 1. The number of hydrogen-bond acceptors (Lipinski definition) is 3. The van der Waals surface area contributed by atoms with Crippen LogP contribution in [0.25, 0.3) is 0 Å². The van der Waals surface area contributed by atoms with Gasteiger partial charge in [0.25, 0.3) is 0 Å². The van der Waals surface area contributed by atoms with E-state index in [9.17, 15) is 9.90 Å². The van der Waals surface area contributed by atoms with Gasteiger partial charge in [-0.2, -0.15) is 0 Å². The molecule has 1 aliphatic heterocycles. The lowest BCUT2D eigenvalue weighted by atomic mass is 9.45. The van der Waals surface area contributed by atoms with Gasteiger partial charge < -0.3 is 15.5 Å². The van der Waals surface area contributed by atoms with Crippen LogP contribution in [-0.4, -0.2) is 35.4 Å². The third kappa shape index (κ3) is 3.06. The highest BCUT2D eigenvalue weighted by Crippen LogP contribution is 2.67. The zero-order chi connectivity index (χ0) is 19.4. The molecule has 154 valence electrons. The van der Waals surface area contributed by atoms with Crippen molar-refractivity contribution >= 4 is 5.97 Å². The number of carboxylic acid groups (broad SMARTS) is 1. The standard InChI is InChI=1S/C23H39NO3/c1-14(4-7-20(26)27)16-5-6-17-21-18(8-9-23(16,17)3)22(2)10-11-24-13-15(22)12-19(21)25/h14-19,21,24-25H,4-13H2,1-3H3,(H,26,27)/t14-,15-,16-,17+,18+,19+,21+,22+,23-/m1/s1. The molecule has 4 rings (SSSR count). The predicted molar refractivity (Wildman–Crippen MR) is 106 cm³/mol. The molecule has 27 heavy (non-hydrogen) atoms. The highest BCUT2D eigenvalue weighted by molar-refractivity contribution is 5.66. The maximum atomic E-state index is 11.2. The van der Waals surface area contributed by atoms with Crippen LogP contribution in [-0.2, 0) is 4.79 Å². The molecule has 3 aliphatic carbocycles. The van der Waals surface area contributed by atoms with Crippen molar-refractivity contribution in [2.24, 2.45) is 46.3 Å². The minimum atomic E-state index is -0.669. The van der Waals surface area contributed by atoms with Crippen molar-refractivity contribution in [2.45, 2.75) is 78.2 Å². The predicted octanol–water partition coefficient (Wildman–Crippen LogP) is 3.93. The highest BCUT2D eigenvalue weighted by Gasteiger charge is 2.62. The highest BCUT2D eigenvalue weighted by atomic mass is 16.4. The second-order valence-corrected chi connectivity index (χ2v) is 10.9. The summed E-state index contributed by atoms with van der Waals surface area (Å²) >= 11 is 0. The number of carbonyl (C=O) groups is 1. The van der Waals surface area contributed by atoms with E-state index in [2.05, 4.69) is 26.1 Å². The monoisotopic (exact) mass is 377 g/mol. The maximum Gasteiger partial charge on any atom is 0.303 e. The van der Waals surface area contributed by atoms with Crippen LogP contribution in [0, 0.1) is 46.3 Å². The van der Waals surface area contributed by atoms with Gasteiger partial charge in [-0.15, -0.1) is 0 Å². The van der Waals surface area contributed by atoms with Gasteiger partial charge in [-0.1, -0.05) is 20.8 Å². The molecule has 4 heteroatoms. The number of hydrogen-bond donors (Lipinski definition) is 3. The molecule has 3 saturated carbocycles. The van der Waals surface area contributed by atoms with Crippen LogP contribution in [0.5, 0.6) is 0 Å². The summed E-state index contributed by atoms with van der Waals surface area (Å²) < 4.78 is 0. The number of aliphatic carboxylic acids is 1. The van der Waals surface area contributed by atoms with Gasteiger partial charge in [-0.25, -0.2) is 0 Å². The molecule has 0 unspecified atom stereocenters. The van der Waals surface area contributed by atoms with Gasteiger partial charge in [0, 0.05) is 6.42 Å². The van der Waals surface area contributed by atoms with Gasteiger partial charge in [-0.3, -0.25) is 4.79 Å². The Morgan fingerprint density at radius 3 is 2.63 bits per heavy atom. The van der Waals surface area contributed by atoms with Crippen LogP contribution < -0.4 is 5.32 Å². The second-order valence-electron chi connectivity index (χ2n) is 10.9. The summed E-state index contributed by atoms with van der Waals surface area (Å²) in [5, 5.41) is 23.9. The average Bonchev–Trinajstić information content (AvgIpc) is 2.97. The van der Waals surface area contributed by atoms with E-state index in [4.69, 9.17) is 5.11 Å². The quantitative estimate of drug-likeness (QED) is 0.694. The zero-order valence-electron chi connectivity index (χ0n) is 17.4. The van der Waals surface area contributed by atoms with E-state index in [1.807, 2.05) is 0 Å². The minimum Gasteiger partial charge on any atom is -0.481 e. The Bertz CT molecular complexity index is 580. The summed E-state index contributed by atoms with van der Waals surface area (Å²) in [4.78, 5) is 11.0. The third-order valence-corrected chi connectivity index (χ3v) is 9.89. The normalized spacial score (nSPS) is 50.4. The molecule has 1 saturated heterocycles. The molecule has 0 aromatic rings. The summed E-state index contributed by atoms with van der Waals surface area (Å²) in [6, 6.07) is 0. The Morgan fingerprint density at radius 2 is 1.89 bits per heavy atom. The van der Waals surface area contributed by atoms with Crippen LogP contribution in [0.1, 0.15) is 72.1 Å². The smallest absolute Gasteiger partial charge is 0.303 e. The maximum absolute atomic E-state index is 11.2. The van der Waals surface area contributed by atoms with E-state index in [0.717, 1.165) is 25.9 Å². The first-order valence-electron chi connectivity index (χ1n) is 11.4. The van der Waals surface area contributed by atoms with Crippen LogP contribution in [0.15, 0.2) is 0 Å². The lowest BCUT2D eigenvalue weighted by Crippen LogP contribution is -2.60. The van der Waals surface area contributed by atoms with E-state index < -0.39 is 5.97 Å². The van der Waals surface area contributed by atoms with E-state index in [0.29, 0.717) is 47.3 Å². The van der Waals surface area contributed by atoms with E-state index in [1.54, 1.807) is 0 Å². The first-order valence-corrected chi connectivity index (χ1v) is 11.4. The summed E-state index contributed by atoms with van der Waals surface area (Å²) in [6.07, 6.45) is 8.14. The molecular formula is C23H39NO3. The topological polar surface area (TPSA) is 69.6 Å². The molecule has 4 aliphatic rings. The fourth-order valence-electron chi connectivity index (χ4n) is 8.39. The molecular weight excluding hydrogens is 338 g/mol. The van der Waals surface area contributed by atoms with Crippen LogP contribution >= 0.6 is 0 Å². The second kappa shape index (κ2) is 7.02. The zero-order valence-corrected chi connectivity index (χ0v) is 17.4. The number of aliphatic hydroxyl groups excluding tert-OH is 1. The van der Waals surface area contributed by atoms with Crippen LogP contribution in [0.3, 0.4) is 0 Å². The molecule has 0 radical (unpaired) electrons. The fraction of sp³-hybridized carbons (Fsp3) is 0.957. The van der Waals surface area contributed by atoms with Crippen molar-refractivity contribution < 1.29 is 15.0 Å². The lowest BCUT2D eigenvalue weighted by Gasteiger charge is -2.62. The largest absolute Gasteiger partial charge is 0.481 e. The van der Waals surface area contributed by atoms with Gasteiger partial charge >= 0.3 is 5.97 Å². The van der Waals surface area contributed by atoms with Crippen LogP contribution in [0.4, 0.5) is 0 Å². The van der Waals surface area contributed by atoms with Crippen molar-refractivity contribution in [2.75, 3.05) is 13.1 Å². The lowest BCUT2D eigenvalue weighted by molar-refractivity contribution is -0.161. The molecule has 4 nitrogen and oxygen atoms in total. The average molecular weight is 378 g/mol. The Hall–Kier alpha value is -0.610. The van der Waals surface area contributed by atoms with Crippen molar-refractivity contribution in [3.8, 4) is 0 Å². The number of fused-ring (bicyclic) bond motifs is 5. The number of piperidine rings is 1.